The number of halogens is 1. The monoisotopic (exact) mass is 854 g/mol. The number of rotatable bonds is 11. The number of esters is 3. The second-order valence-corrected chi connectivity index (χ2v) is 15.5. The molecule has 3 heterocycles. The number of anilines is 3. The molecule has 3 aliphatic rings. The van der Waals surface area contributed by atoms with Crippen LogP contribution < -0.4 is 16.0 Å². The third-order valence-electron chi connectivity index (χ3n) is 11.9. The second kappa shape index (κ2) is 24.2. The lowest BCUT2D eigenvalue weighted by atomic mass is 9.85. The predicted molar refractivity (Wildman–Crippen MR) is 241 cm³/mol. The number of piperidine rings is 1. The highest BCUT2D eigenvalue weighted by atomic mass is 19.1. The van der Waals surface area contributed by atoms with Crippen molar-refractivity contribution >= 4 is 35.0 Å². The van der Waals surface area contributed by atoms with Crippen LogP contribution in [0.15, 0.2) is 78.9 Å². The molecule has 334 valence electrons. The van der Waals surface area contributed by atoms with Crippen LogP contribution in [0.3, 0.4) is 0 Å². The fourth-order valence-corrected chi connectivity index (χ4v) is 8.76. The van der Waals surface area contributed by atoms with Crippen LogP contribution in [-0.4, -0.2) is 105 Å². The molecule has 13 heteroatoms. The number of nitrogens with one attached hydrogen (secondary N) is 3. The Morgan fingerprint density at radius 2 is 1.00 bits per heavy atom. The van der Waals surface area contributed by atoms with Gasteiger partial charge in [0.25, 0.3) is 0 Å². The molecule has 0 atom stereocenters. The molecule has 0 aromatic heterocycles. The van der Waals surface area contributed by atoms with Crippen molar-refractivity contribution in [2.75, 3.05) is 97.9 Å². The highest BCUT2D eigenvalue weighted by Crippen LogP contribution is 2.38. The minimum absolute atomic E-state index is 0.0428. The fraction of sp³-hybridized carbons (Fsp3) is 0.449. The van der Waals surface area contributed by atoms with Crippen LogP contribution in [0.1, 0.15) is 110 Å². The van der Waals surface area contributed by atoms with Crippen LogP contribution in [0.5, 0.6) is 0 Å². The second-order valence-electron chi connectivity index (χ2n) is 15.5. The van der Waals surface area contributed by atoms with Gasteiger partial charge in [-0.05, 0) is 128 Å². The van der Waals surface area contributed by atoms with Gasteiger partial charge < -0.3 is 39.6 Å². The molecule has 4 aromatic rings. The number of hydrogen-bond acceptors (Lipinski definition) is 12. The van der Waals surface area contributed by atoms with Crippen molar-refractivity contribution in [2.24, 2.45) is 0 Å². The van der Waals surface area contributed by atoms with Gasteiger partial charge in [0.05, 0.1) is 32.5 Å². The summed E-state index contributed by atoms with van der Waals surface area (Å²) >= 11 is 0. The van der Waals surface area contributed by atoms with E-state index in [4.69, 9.17) is 23.7 Å². The molecule has 0 saturated carbocycles. The lowest BCUT2D eigenvalue weighted by Gasteiger charge is -2.33. The Kier molecular flexibility index (Phi) is 18.6. The SMILES string of the molecule is CNc1ccc(F)c(C(=O)OC)c1C1CCOCC1.CNc1cccc(C(=O)OC)c1C1CCN(Cc2ccccc2)CC1.CNc1cccc(C(=O)OC)c1C1CCOCC1. The van der Waals surface area contributed by atoms with E-state index < -0.39 is 11.8 Å². The minimum Gasteiger partial charge on any atom is -0.465 e. The molecule has 0 bridgehead atoms. The number of hydrogen-bond donors (Lipinski definition) is 3. The van der Waals surface area contributed by atoms with Gasteiger partial charge in [-0.25, -0.2) is 18.8 Å². The Labute approximate surface area is 365 Å². The molecule has 3 fully saturated rings. The number of ether oxygens (including phenoxy) is 5. The molecular formula is C49H63FN4O8. The zero-order valence-electron chi connectivity index (χ0n) is 37.0. The average Bonchev–Trinajstić information content (AvgIpc) is 3.34. The average molecular weight is 855 g/mol. The Morgan fingerprint density at radius 3 is 1.45 bits per heavy atom. The van der Waals surface area contributed by atoms with Gasteiger partial charge in [-0.2, -0.15) is 0 Å². The van der Waals surface area contributed by atoms with Crippen LogP contribution in [0, 0.1) is 5.82 Å². The molecule has 0 amide bonds. The number of carbonyl (C=O) groups is 3. The van der Waals surface area contributed by atoms with Crippen LogP contribution in [0.4, 0.5) is 21.5 Å². The Hall–Kier alpha value is -5.50. The van der Waals surface area contributed by atoms with E-state index in [2.05, 4.69) is 51.2 Å². The highest BCUT2D eigenvalue weighted by Gasteiger charge is 2.29. The van der Waals surface area contributed by atoms with E-state index in [-0.39, 0.29) is 23.4 Å². The van der Waals surface area contributed by atoms with Crippen molar-refractivity contribution in [1.29, 1.82) is 0 Å². The van der Waals surface area contributed by atoms with E-state index in [0.717, 1.165) is 99.6 Å². The first-order valence-electron chi connectivity index (χ1n) is 21.5. The number of methoxy groups -OCH3 is 3. The van der Waals surface area contributed by atoms with Gasteiger partial charge in [0.2, 0.25) is 0 Å². The van der Waals surface area contributed by atoms with Gasteiger partial charge in [0.15, 0.2) is 0 Å². The Balaban J connectivity index is 0.000000179. The summed E-state index contributed by atoms with van der Waals surface area (Å²) in [4.78, 5) is 38.4. The molecule has 3 aliphatic heterocycles. The van der Waals surface area contributed by atoms with Gasteiger partial charge in [-0.1, -0.05) is 42.5 Å². The van der Waals surface area contributed by atoms with Crippen molar-refractivity contribution in [3.05, 3.63) is 124 Å². The van der Waals surface area contributed by atoms with Gasteiger partial charge in [0.1, 0.15) is 11.4 Å². The van der Waals surface area contributed by atoms with Gasteiger partial charge in [-0.3, -0.25) is 4.90 Å². The topological polar surface area (TPSA) is 137 Å². The zero-order valence-corrected chi connectivity index (χ0v) is 37.0. The number of likely N-dealkylation sites (tertiary alicyclic amines) is 1. The van der Waals surface area contributed by atoms with E-state index in [1.165, 1.54) is 33.0 Å². The summed E-state index contributed by atoms with van der Waals surface area (Å²) in [5, 5.41) is 9.43. The first-order chi connectivity index (χ1) is 30.2. The van der Waals surface area contributed by atoms with Gasteiger partial charge in [0, 0.05) is 71.2 Å². The van der Waals surface area contributed by atoms with Crippen LogP contribution in [-0.2, 0) is 30.2 Å². The zero-order chi connectivity index (χ0) is 44.4. The molecule has 62 heavy (non-hydrogen) atoms. The van der Waals surface area contributed by atoms with Crippen molar-refractivity contribution < 1.29 is 42.5 Å². The molecule has 0 aliphatic carbocycles. The van der Waals surface area contributed by atoms with Crippen molar-refractivity contribution in [2.45, 2.75) is 62.8 Å². The maximum absolute atomic E-state index is 14.0. The van der Waals surface area contributed by atoms with E-state index >= 15 is 0 Å². The Morgan fingerprint density at radius 1 is 0.565 bits per heavy atom. The molecule has 12 nitrogen and oxygen atoms in total. The molecule has 3 N–H and O–H groups in total. The standard InChI is InChI=1S/C21H26N2O2.C14H18FNO3.C14H19NO3/c1-22-19-10-6-9-18(21(24)25-2)20(19)17-11-13-23(14-12-17)15-16-7-4-3-5-8-16;1-16-11-4-3-10(15)13(14(17)18-2)12(11)9-5-7-19-8-6-9;1-15-12-5-3-4-11(14(16)17-2)13(12)10-6-8-18-9-7-10/h3-10,17,22H,11-15H2,1-2H3;3-4,9,16H,5-8H2,1-2H3;3-5,10,15H,6-9H2,1-2H3. The van der Waals surface area contributed by atoms with Crippen molar-refractivity contribution in [3.8, 4) is 0 Å². The maximum atomic E-state index is 14.0. The molecule has 0 unspecified atom stereocenters. The molecule has 7 rings (SSSR count). The smallest absolute Gasteiger partial charge is 0.341 e. The van der Waals surface area contributed by atoms with E-state index in [1.54, 1.807) is 13.1 Å². The van der Waals surface area contributed by atoms with Crippen LogP contribution >= 0.6 is 0 Å². The predicted octanol–water partition coefficient (Wildman–Crippen LogP) is 8.85. The largest absolute Gasteiger partial charge is 0.465 e. The lowest BCUT2D eigenvalue weighted by molar-refractivity contribution is 0.0580. The molecule has 0 spiro atoms. The third-order valence-corrected chi connectivity index (χ3v) is 11.9. The molecular weight excluding hydrogens is 792 g/mol. The summed E-state index contributed by atoms with van der Waals surface area (Å²) in [5.74, 6) is -0.835. The number of carbonyl (C=O) groups excluding carboxylic acids is 3. The summed E-state index contributed by atoms with van der Waals surface area (Å²) in [6, 6.07) is 25.1. The van der Waals surface area contributed by atoms with Gasteiger partial charge in [-0.15, -0.1) is 0 Å². The summed E-state index contributed by atoms with van der Waals surface area (Å²) in [6.45, 7) is 5.84. The van der Waals surface area contributed by atoms with Crippen LogP contribution in [0.2, 0.25) is 0 Å². The molecule has 0 radical (unpaired) electrons. The first kappa shape index (κ1) is 47.5. The number of nitrogens with zero attached hydrogens (tertiary/aromatic N) is 1. The fourth-order valence-electron chi connectivity index (χ4n) is 8.76. The maximum Gasteiger partial charge on any atom is 0.341 e. The van der Waals surface area contributed by atoms with E-state index in [0.29, 0.717) is 41.7 Å². The van der Waals surface area contributed by atoms with E-state index in [1.807, 2.05) is 50.5 Å². The first-order valence-corrected chi connectivity index (χ1v) is 21.5. The van der Waals surface area contributed by atoms with Crippen molar-refractivity contribution in [3.63, 3.8) is 0 Å². The summed E-state index contributed by atoms with van der Waals surface area (Å²) < 4.78 is 39.3. The summed E-state index contributed by atoms with van der Waals surface area (Å²) in [7, 11) is 9.67. The number of benzene rings is 4. The van der Waals surface area contributed by atoms with Gasteiger partial charge >= 0.3 is 17.9 Å². The minimum atomic E-state index is -0.629. The Bertz CT molecular complexity index is 2060. The summed E-state index contributed by atoms with van der Waals surface area (Å²) in [5.41, 5.74) is 8.44. The normalized spacial score (nSPS) is 16.0. The molecule has 4 aromatic carbocycles. The highest BCUT2D eigenvalue weighted by molar-refractivity contribution is 5.94. The van der Waals surface area contributed by atoms with Crippen LogP contribution in [0.25, 0.3) is 0 Å². The third kappa shape index (κ3) is 12.1. The van der Waals surface area contributed by atoms with E-state index in [9.17, 15) is 18.8 Å². The molecule has 3 saturated heterocycles. The van der Waals surface area contributed by atoms with Crippen molar-refractivity contribution in [1.82, 2.24) is 4.90 Å². The lowest BCUT2D eigenvalue weighted by Crippen LogP contribution is -2.33. The quantitative estimate of drug-likeness (QED) is 0.0983. The summed E-state index contributed by atoms with van der Waals surface area (Å²) in [6.07, 6.45) is 5.56.